The van der Waals surface area contributed by atoms with Crippen molar-refractivity contribution in [3.05, 3.63) is 53.0 Å². The van der Waals surface area contributed by atoms with Crippen LogP contribution in [-0.2, 0) is 19.6 Å². The van der Waals surface area contributed by atoms with Gasteiger partial charge < -0.3 is 15.0 Å². The minimum Gasteiger partial charge on any atom is -0.444 e. The Labute approximate surface area is 215 Å². The molecule has 2 amide bonds. The van der Waals surface area contributed by atoms with Gasteiger partial charge in [0, 0.05) is 36.7 Å². The third kappa shape index (κ3) is 7.20. The molecule has 0 bridgehead atoms. The molecule has 0 aliphatic carbocycles. The van der Waals surface area contributed by atoms with Crippen molar-refractivity contribution in [3.63, 3.8) is 0 Å². The van der Waals surface area contributed by atoms with Gasteiger partial charge in [0.05, 0.1) is 10.6 Å². The Bertz CT molecular complexity index is 1150. The average molecular weight is 567 g/mol. The Hall–Kier alpha value is -2.59. The van der Waals surface area contributed by atoms with E-state index in [1.165, 1.54) is 23.4 Å². The largest absolute Gasteiger partial charge is 0.444 e. The Kier molecular flexibility index (Phi) is 8.48. The normalized spacial score (nSPS) is 14.9. The van der Waals surface area contributed by atoms with Gasteiger partial charge in [-0.15, -0.1) is 0 Å². The Balaban J connectivity index is 1.81. The number of likely N-dealkylation sites (tertiary alicyclic amines) is 1. The molecule has 190 valence electrons. The number of halogens is 1. The molecule has 1 aliphatic rings. The lowest BCUT2D eigenvalue weighted by Gasteiger charge is -2.36. The molecule has 1 heterocycles. The Morgan fingerprint density at radius 1 is 1.09 bits per heavy atom. The molecule has 1 saturated heterocycles. The van der Waals surface area contributed by atoms with Crippen LogP contribution in [0.2, 0.25) is 0 Å². The van der Waals surface area contributed by atoms with Gasteiger partial charge in [0.1, 0.15) is 5.60 Å². The lowest BCUT2D eigenvalue weighted by molar-refractivity contribution is -0.114. The Morgan fingerprint density at radius 3 is 2.23 bits per heavy atom. The summed E-state index contributed by atoms with van der Waals surface area (Å²) in [6.45, 7) is 8.19. The summed E-state index contributed by atoms with van der Waals surface area (Å²) < 4.78 is 35.1. The number of anilines is 2. The molecule has 1 aliphatic heterocycles. The predicted octanol–water partition coefficient (Wildman–Crippen LogP) is 5.25. The highest BCUT2D eigenvalue weighted by atomic mass is 79.9. The summed E-state index contributed by atoms with van der Waals surface area (Å²) in [6.07, 6.45) is 0.986. The predicted molar refractivity (Wildman–Crippen MR) is 140 cm³/mol. The van der Waals surface area contributed by atoms with E-state index in [2.05, 4.69) is 21.2 Å². The number of rotatable bonds is 6. The van der Waals surface area contributed by atoms with Crippen LogP contribution in [0.15, 0.2) is 57.9 Å². The van der Waals surface area contributed by atoms with Crippen molar-refractivity contribution < 1.29 is 22.7 Å². The zero-order valence-electron chi connectivity index (χ0n) is 20.5. The van der Waals surface area contributed by atoms with Gasteiger partial charge in [-0.2, -0.15) is 0 Å². The van der Waals surface area contributed by atoms with Crippen molar-refractivity contribution >= 4 is 49.3 Å². The maximum absolute atomic E-state index is 13.8. The van der Waals surface area contributed by atoms with E-state index >= 15 is 0 Å². The minimum atomic E-state index is -3.89. The third-order valence-corrected chi connectivity index (χ3v) is 8.04. The number of nitrogens with one attached hydrogen (secondary N) is 1. The number of benzene rings is 2. The summed E-state index contributed by atoms with van der Waals surface area (Å²) in [5.41, 5.74) is 0.514. The SMILES string of the molecule is CC(=O)Nc1ccc(S(=O)(=O)N(CC2CCN(C(=O)OC(C)(C)C)CC2)c2ccccc2Br)cc1. The van der Waals surface area contributed by atoms with Crippen LogP contribution in [0.4, 0.5) is 16.2 Å². The number of hydrogen-bond acceptors (Lipinski definition) is 5. The maximum Gasteiger partial charge on any atom is 0.410 e. The molecule has 2 aromatic carbocycles. The van der Waals surface area contributed by atoms with E-state index in [-0.39, 0.29) is 29.4 Å². The van der Waals surface area contributed by atoms with E-state index in [4.69, 9.17) is 4.74 Å². The van der Waals surface area contributed by atoms with Crippen molar-refractivity contribution in [1.29, 1.82) is 0 Å². The summed E-state index contributed by atoms with van der Waals surface area (Å²) in [4.78, 5) is 25.5. The summed E-state index contributed by atoms with van der Waals surface area (Å²) >= 11 is 3.50. The molecule has 0 atom stereocenters. The highest BCUT2D eigenvalue weighted by molar-refractivity contribution is 9.10. The first-order valence-electron chi connectivity index (χ1n) is 11.5. The highest BCUT2D eigenvalue weighted by Crippen LogP contribution is 2.33. The van der Waals surface area contributed by atoms with Crippen molar-refractivity contribution in [3.8, 4) is 0 Å². The molecule has 8 nitrogen and oxygen atoms in total. The second kappa shape index (κ2) is 11.0. The maximum atomic E-state index is 13.8. The van der Waals surface area contributed by atoms with Crippen molar-refractivity contribution in [1.82, 2.24) is 4.90 Å². The first-order valence-corrected chi connectivity index (χ1v) is 13.7. The van der Waals surface area contributed by atoms with E-state index < -0.39 is 15.6 Å². The minimum absolute atomic E-state index is 0.0641. The Morgan fingerprint density at radius 2 is 1.69 bits per heavy atom. The molecule has 10 heteroatoms. The molecule has 0 radical (unpaired) electrons. The smallest absolute Gasteiger partial charge is 0.410 e. The van der Waals surface area contributed by atoms with Gasteiger partial charge in [-0.3, -0.25) is 9.10 Å². The number of para-hydroxylation sites is 1. The van der Waals surface area contributed by atoms with E-state index in [0.29, 0.717) is 41.8 Å². The molecule has 1 fully saturated rings. The van der Waals surface area contributed by atoms with Crippen LogP contribution in [0.5, 0.6) is 0 Å². The van der Waals surface area contributed by atoms with Crippen LogP contribution in [0.3, 0.4) is 0 Å². The van der Waals surface area contributed by atoms with E-state index in [1.807, 2.05) is 32.9 Å². The summed E-state index contributed by atoms with van der Waals surface area (Å²) in [5.74, 6) is -0.164. The second-order valence-corrected chi connectivity index (χ2v) is 12.3. The number of nitrogens with zero attached hydrogens (tertiary/aromatic N) is 2. The van der Waals surface area contributed by atoms with Crippen LogP contribution in [-0.4, -0.2) is 50.6 Å². The van der Waals surface area contributed by atoms with Gasteiger partial charge in [0.25, 0.3) is 10.0 Å². The quantitative estimate of drug-likeness (QED) is 0.516. The fourth-order valence-corrected chi connectivity index (χ4v) is 6.06. The van der Waals surface area contributed by atoms with Gasteiger partial charge in [0.2, 0.25) is 5.91 Å². The van der Waals surface area contributed by atoms with Crippen LogP contribution >= 0.6 is 15.9 Å². The van der Waals surface area contributed by atoms with E-state index in [0.717, 1.165) is 0 Å². The van der Waals surface area contributed by atoms with Crippen molar-refractivity contribution in [2.75, 3.05) is 29.3 Å². The number of carbonyl (C=O) groups excluding carboxylic acids is 2. The first-order chi connectivity index (χ1) is 16.4. The van der Waals surface area contributed by atoms with Crippen LogP contribution in [0, 0.1) is 5.92 Å². The second-order valence-electron chi connectivity index (χ2n) is 9.60. The highest BCUT2D eigenvalue weighted by Gasteiger charge is 2.32. The van der Waals surface area contributed by atoms with Gasteiger partial charge in [-0.25, -0.2) is 13.2 Å². The van der Waals surface area contributed by atoms with Gasteiger partial charge >= 0.3 is 6.09 Å². The molecule has 0 aromatic heterocycles. The van der Waals surface area contributed by atoms with Crippen molar-refractivity contribution in [2.24, 2.45) is 5.92 Å². The average Bonchev–Trinajstić information content (AvgIpc) is 2.77. The summed E-state index contributed by atoms with van der Waals surface area (Å²) in [5, 5.41) is 2.65. The molecule has 35 heavy (non-hydrogen) atoms. The van der Waals surface area contributed by atoms with Crippen LogP contribution < -0.4 is 9.62 Å². The third-order valence-electron chi connectivity index (χ3n) is 5.57. The fourth-order valence-electron chi connectivity index (χ4n) is 3.88. The van der Waals surface area contributed by atoms with E-state index in [1.54, 1.807) is 29.2 Å². The molecule has 1 N–H and O–H groups in total. The molecule has 0 spiro atoms. The van der Waals surface area contributed by atoms with Crippen LogP contribution in [0.1, 0.15) is 40.5 Å². The molecule has 2 aromatic rings. The number of sulfonamides is 1. The number of carbonyl (C=O) groups is 2. The summed E-state index contributed by atoms with van der Waals surface area (Å²) in [6, 6.07) is 13.3. The molecule has 3 rings (SSSR count). The topological polar surface area (TPSA) is 96.0 Å². The molecule has 0 unspecified atom stereocenters. The lowest BCUT2D eigenvalue weighted by Crippen LogP contribution is -2.44. The first kappa shape index (κ1) is 27.0. The number of ether oxygens (including phenoxy) is 1. The van der Waals surface area contributed by atoms with E-state index in [9.17, 15) is 18.0 Å². The molecular weight excluding hydrogens is 534 g/mol. The molecule has 0 saturated carbocycles. The van der Waals surface area contributed by atoms with Gasteiger partial charge in [0.15, 0.2) is 0 Å². The molecular formula is C25H32BrN3O5S. The summed E-state index contributed by atoms with van der Waals surface area (Å²) in [7, 11) is -3.89. The van der Waals surface area contributed by atoms with Crippen molar-refractivity contribution in [2.45, 2.75) is 51.0 Å². The fraction of sp³-hybridized carbons (Fsp3) is 0.440. The number of hydrogen-bond donors (Lipinski definition) is 1. The van der Waals surface area contributed by atoms with Gasteiger partial charge in [-0.1, -0.05) is 12.1 Å². The number of piperidine rings is 1. The van der Waals surface area contributed by atoms with Gasteiger partial charge in [-0.05, 0) is 91.9 Å². The van der Waals surface area contributed by atoms with Crippen LogP contribution in [0.25, 0.3) is 0 Å². The zero-order chi connectivity index (χ0) is 25.8. The standard InChI is InChI=1S/C25H32BrN3O5S/c1-18(30)27-20-9-11-21(12-10-20)35(32,33)29(23-8-6-5-7-22(23)26)17-19-13-15-28(16-14-19)24(31)34-25(2,3)4/h5-12,19H,13-17H2,1-4H3,(H,27,30). The monoisotopic (exact) mass is 565 g/mol. The lowest BCUT2D eigenvalue weighted by atomic mass is 9.97. The number of amides is 2. The zero-order valence-corrected chi connectivity index (χ0v) is 22.9.